The summed E-state index contributed by atoms with van der Waals surface area (Å²) in [5, 5.41) is 0.162. The van der Waals surface area contributed by atoms with Crippen LogP contribution in [-0.2, 0) is 9.53 Å². The maximum atomic E-state index is 12.6. The van der Waals surface area contributed by atoms with Gasteiger partial charge in [-0.2, -0.15) is 0 Å². The van der Waals surface area contributed by atoms with Crippen molar-refractivity contribution in [1.29, 1.82) is 0 Å². The zero-order chi connectivity index (χ0) is 16.3. The van der Waals surface area contributed by atoms with Crippen LogP contribution in [0, 0.1) is 12.8 Å². The third-order valence-electron chi connectivity index (χ3n) is 3.74. The largest absolute Gasteiger partial charge is 0.465 e. The highest BCUT2D eigenvalue weighted by molar-refractivity contribution is 6.34. The Bertz CT molecular complexity index is 589. The number of unbranched alkanes of at least 4 members (excludes halogenated alkanes) is 1. The molecule has 1 atom stereocenters. The molecule has 6 heteroatoms. The van der Waals surface area contributed by atoms with Gasteiger partial charge in [-0.25, -0.2) is 4.98 Å². The summed E-state index contributed by atoms with van der Waals surface area (Å²) >= 11 is 6.18. The van der Waals surface area contributed by atoms with Gasteiger partial charge in [0.2, 0.25) is 0 Å². The molecule has 1 aliphatic rings. The first-order valence-electron chi connectivity index (χ1n) is 7.62. The number of ether oxygens (including phenoxy) is 1. The number of esters is 1. The first-order chi connectivity index (χ1) is 10.5. The van der Waals surface area contributed by atoms with Gasteiger partial charge in [0.25, 0.3) is 0 Å². The quantitative estimate of drug-likeness (QED) is 0.473. The van der Waals surface area contributed by atoms with Gasteiger partial charge in [0.05, 0.1) is 17.9 Å². The lowest BCUT2D eigenvalue weighted by atomic mass is 9.91. The Morgan fingerprint density at radius 1 is 1.50 bits per heavy atom. The van der Waals surface area contributed by atoms with Crippen molar-refractivity contribution in [2.24, 2.45) is 5.92 Å². The van der Waals surface area contributed by atoms with E-state index in [4.69, 9.17) is 16.3 Å². The van der Waals surface area contributed by atoms with Crippen LogP contribution < -0.4 is 4.90 Å². The highest BCUT2D eigenvalue weighted by atomic mass is 35.5. The third-order valence-corrected chi connectivity index (χ3v) is 4.02. The zero-order valence-electron chi connectivity index (χ0n) is 13.2. The zero-order valence-corrected chi connectivity index (χ0v) is 13.9. The Balaban J connectivity index is 2.43. The smallest absolute Gasteiger partial charge is 0.318 e. The summed E-state index contributed by atoms with van der Waals surface area (Å²) < 4.78 is 5.03. The molecule has 0 saturated carbocycles. The molecule has 0 aliphatic carbocycles. The fourth-order valence-corrected chi connectivity index (χ4v) is 2.98. The SMILES string of the molecule is CCCCN1CC(C(=O)OCC)C(=O)c2c1cc(C)nc2Cl. The van der Waals surface area contributed by atoms with Gasteiger partial charge in [-0.3, -0.25) is 9.59 Å². The number of Topliss-reactive ketones (excluding diaryl/α,β-unsaturated/α-hetero) is 1. The molecule has 0 spiro atoms. The highest BCUT2D eigenvalue weighted by Gasteiger charge is 2.39. The van der Waals surface area contributed by atoms with Crippen molar-refractivity contribution >= 4 is 29.0 Å². The Kier molecular flexibility index (Phi) is 5.40. The molecule has 0 fully saturated rings. The number of aryl methyl sites for hydroxylation is 1. The minimum atomic E-state index is -0.827. The van der Waals surface area contributed by atoms with Crippen molar-refractivity contribution in [2.45, 2.75) is 33.6 Å². The molecule has 0 aromatic carbocycles. The molecule has 0 amide bonds. The summed E-state index contributed by atoms with van der Waals surface area (Å²) in [6.07, 6.45) is 2.00. The van der Waals surface area contributed by atoms with Gasteiger partial charge in [0.15, 0.2) is 5.78 Å². The lowest BCUT2D eigenvalue weighted by Gasteiger charge is -2.34. The van der Waals surface area contributed by atoms with Crippen LogP contribution in [0.4, 0.5) is 5.69 Å². The van der Waals surface area contributed by atoms with Crippen LogP contribution in [0.2, 0.25) is 5.15 Å². The number of anilines is 1. The molecule has 0 radical (unpaired) electrons. The molecule has 22 heavy (non-hydrogen) atoms. The summed E-state index contributed by atoms with van der Waals surface area (Å²) in [6.45, 7) is 7.03. The Morgan fingerprint density at radius 2 is 2.23 bits per heavy atom. The standard InChI is InChI=1S/C16H21ClN2O3/c1-4-6-7-19-9-11(16(21)22-5-2)14(20)13-12(19)8-10(3)18-15(13)17/h8,11H,4-7,9H2,1-3H3. The minimum Gasteiger partial charge on any atom is -0.465 e. The van der Waals surface area contributed by atoms with Gasteiger partial charge in [-0.05, 0) is 26.3 Å². The number of rotatable bonds is 5. The van der Waals surface area contributed by atoms with E-state index in [2.05, 4.69) is 11.9 Å². The van der Waals surface area contributed by atoms with Crippen LogP contribution in [-0.4, -0.2) is 36.4 Å². The van der Waals surface area contributed by atoms with E-state index in [1.54, 1.807) is 6.92 Å². The number of nitrogens with zero attached hydrogens (tertiary/aromatic N) is 2. The normalized spacial score (nSPS) is 17.4. The molecule has 5 nitrogen and oxygen atoms in total. The number of pyridine rings is 1. The van der Waals surface area contributed by atoms with Gasteiger partial charge in [-0.1, -0.05) is 24.9 Å². The highest BCUT2D eigenvalue weighted by Crippen LogP contribution is 2.35. The molecule has 1 aromatic rings. The number of hydrogen-bond acceptors (Lipinski definition) is 5. The van der Waals surface area contributed by atoms with Crippen LogP contribution in [0.5, 0.6) is 0 Å². The molecular weight excluding hydrogens is 304 g/mol. The van der Waals surface area contributed by atoms with Crippen LogP contribution in [0.15, 0.2) is 6.07 Å². The van der Waals surface area contributed by atoms with E-state index in [-0.39, 0.29) is 17.5 Å². The first kappa shape index (κ1) is 16.7. The molecule has 1 aliphatic heterocycles. The van der Waals surface area contributed by atoms with Crippen molar-refractivity contribution in [3.05, 3.63) is 22.5 Å². The second kappa shape index (κ2) is 7.09. The van der Waals surface area contributed by atoms with Crippen LogP contribution in [0.3, 0.4) is 0 Å². The van der Waals surface area contributed by atoms with Crippen molar-refractivity contribution < 1.29 is 14.3 Å². The average molecular weight is 325 g/mol. The molecule has 1 aromatic heterocycles. The van der Waals surface area contributed by atoms with Crippen LogP contribution in [0.25, 0.3) is 0 Å². The maximum Gasteiger partial charge on any atom is 0.318 e. The van der Waals surface area contributed by atoms with Gasteiger partial charge in [-0.15, -0.1) is 0 Å². The van der Waals surface area contributed by atoms with Gasteiger partial charge in [0.1, 0.15) is 11.1 Å². The van der Waals surface area contributed by atoms with Crippen LogP contribution in [0.1, 0.15) is 42.7 Å². The lowest BCUT2D eigenvalue weighted by Crippen LogP contribution is -2.44. The summed E-state index contributed by atoms with van der Waals surface area (Å²) in [6, 6.07) is 1.86. The van der Waals surface area contributed by atoms with Gasteiger partial charge < -0.3 is 9.64 Å². The lowest BCUT2D eigenvalue weighted by molar-refractivity contribution is -0.145. The topological polar surface area (TPSA) is 59.5 Å². The second-order valence-electron chi connectivity index (χ2n) is 5.42. The predicted octanol–water partition coefficient (Wildman–Crippen LogP) is 3.03. The number of carbonyl (C=O) groups is 2. The number of ketones is 1. The van der Waals surface area contributed by atoms with E-state index in [1.165, 1.54) is 0 Å². The van der Waals surface area contributed by atoms with Crippen molar-refractivity contribution in [1.82, 2.24) is 4.98 Å². The number of hydrogen-bond donors (Lipinski definition) is 0. The van der Waals surface area contributed by atoms with E-state index in [0.29, 0.717) is 12.1 Å². The molecule has 2 heterocycles. The Labute approximate surface area is 135 Å². The fourth-order valence-electron chi connectivity index (χ4n) is 2.66. The predicted molar refractivity (Wildman–Crippen MR) is 85.6 cm³/mol. The Morgan fingerprint density at radius 3 is 2.86 bits per heavy atom. The second-order valence-corrected chi connectivity index (χ2v) is 5.78. The molecule has 2 rings (SSSR count). The monoisotopic (exact) mass is 324 g/mol. The van der Waals surface area contributed by atoms with E-state index in [9.17, 15) is 9.59 Å². The van der Waals surface area contributed by atoms with E-state index in [1.807, 2.05) is 17.9 Å². The molecular formula is C16H21ClN2O3. The third kappa shape index (κ3) is 3.24. The molecule has 0 N–H and O–H groups in total. The summed E-state index contributed by atoms with van der Waals surface area (Å²) in [5.41, 5.74) is 1.87. The number of carbonyl (C=O) groups excluding carboxylic acids is 2. The van der Waals surface area contributed by atoms with Crippen molar-refractivity contribution in [2.75, 3.05) is 24.6 Å². The van der Waals surface area contributed by atoms with E-state index < -0.39 is 11.9 Å². The summed E-state index contributed by atoms with van der Waals surface area (Å²) in [7, 11) is 0. The van der Waals surface area contributed by atoms with E-state index in [0.717, 1.165) is 30.8 Å². The molecule has 120 valence electrons. The molecule has 0 bridgehead atoms. The molecule has 0 saturated heterocycles. The Hall–Kier alpha value is -1.62. The summed E-state index contributed by atoms with van der Waals surface area (Å²) in [4.78, 5) is 30.9. The van der Waals surface area contributed by atoms with Gasteiger partial charge >= 0.3 is 5.97 Å². The van der Waals surface area contributed by atoms with Crippen molar-refractivity contribution in [3.8, 4) is 0 Å². The fraction of sp³-hybridized carbons (Fsp3) is 0.562. The number of aromatic nitrogens is 1. The average Bonchev–Trinajstić information content (AvgIpc) is 2.46. The van der Waals surface area contributed by atoms with Gasteiger partial charge in [0, 0.05) is 18.8 Å². The maximum absolute atomic E-state index is 12.6. The minimum absolute atomic E-state index is 0.162. The van der Waals surface area contributed by atoms with E-state index >= 15 is 0 Å². The first-order valence-corrected chi connectivity index (χ1v) is 8.00. The number of halogens is 1. The molecule has 1 unspecified atom stereocenters. The summed E-state index contributed by atoms with van der Waals surface area (Å²) in [5.74, 6) is -1.61. The van der Waals surface area contributed by atoms with Crippen molar-refractivity contribution in [3.63, 3.8) is 0 Å². The van der Waals surface area contributed by atoms with Crippen LogP contribution >= 0.6 is 11.6 Å². The number of fused-ring (bicyclic) bond motifs is 1.